The largest absolute Gasteiger partial charge is 0.465 e. The fourth-order valence-corrected chi connectivity index (χ4v) is 5.27. The minimum absolute atomic E-state index is 0.0193. The number of benzene rings is 2. The zero-order valence-electron chi connectivity index (χ0n) is 17.7. The molecule has 2 aromatic carbocycles. The van der Waals surface area contributed by atoms with Crippen LogP contribution in [0.25, 0.3) is 0 Å². The number of hydrogen-bond donors (Lipinski definition) is 1. The standard InChI is InChI=1S/C22H24N2O7S/c1-30-21(26)15-10-11-18(22(27)31-2)19(13-15)32(28,29)24-12-6-7-16(14-24)20(25)23-17-8-4-3-5-9-17/h3-5,8-11,13,16H,6-7,12,14H2,1-2H3,(H,23,25). The molecule has 0 radical (unpaired) electrons. The highest BCUT2D eigenvalue weighted by Gasteiger charge is 2.36. The number of sulfonamides is 1. The van der Waals surface area contributed by atoms with E-state index in [1.54, 1.807) is 24.3 Å². The number of rotatable bonds is 6. The molecule has 1 amide bonds. The number of methoxy groups -OCH3 is 2. The molecule has 32 heavy (non-hydrogen) atoms. The van der Waals surface area contributed by atoms with Crippen LogP contribution in [0.5, 0.6) is 0 Å². The second kappa shape index (κ2) is 9.92. The number of nitrogens with zero attached hydrogens (tertiary/aromatic N) is 1. The smallest absolute Gasteiger partial charge is 0.339 e. The summed E-state index contributed by atoms with van der Waals surface area (Å²) < 4.78 is 37.4. The summed E-state index contributed by atoms with van der Waals surface area (Å²) in [5.41, 5.74) is 0.404. The van der Waals surface area contributed by atoms with Crippen LogP contribution in [0.1, 0.15) is 33.6 Å². The second-order valence-corrected chi connectivity index (χ2v) is 9.16. The van der Waals surface area contributed by atoms with E-state index >= 15 is 0 Å². The summed E-state index contributed by atoms with van der Waals surface area (Å²) in [4.78, 5) is 36.5. The van der Waals surface area contributed by atoms with Gasteiger partial charge in [0, 0.05) is 18.8 Å². The van der Waals surface area contributed by atoms with Gasteiger partial charge >= 0.3 is 11.9 Å². The Balaban J connectivity index is 1.90. The minimum Gasteiger partial charge on any atom is -0.465 e. The average Bonchev–Trinajstić information content (AvgIpc) is 2.83. The monoisotopic (exact) mass is 460 g/mol. The molecule has 1 aliphatic rings. The topological polar surface area (TPSA) is 119 Å². The molecular weight excluding hydrogens is 436 g/mol. The quantitative estimate of drug-likeness (QED) is 0.657. The van der Waals surface area contributed by atoms with Crippen molar-refractivity contribution in [2.24, 2.45) is 5.92 Å². The molecule has 1 unspecified atom stereocenters. The molecule has 0 aliphatic carbocycles. The number of ether oxygens (including phenoxy) is 2. The van der Waals surface area contributed by atoms with E-state index in [0.29, 0.717) is 18.5 Å². The van der Waals surface area contributed by atoms with Crippen LogP contribution in [-0.4, -0.2) is 57.9 Å². The van der Waals surface area contributed by atoms with Crippen molar-refractivity contribution in [2.45, 2.75) is 17.7 Å². The van der Waals surface area contributed by atoms with Gasteiger partial charge in [0.15, 0.2) is 0 Å². The van der Waals surface area contributed by atoms with Crippen LogP contribution in [0.15, 0.2) is 53.4 Å². The summed E-state index contributed by atoms with van der Waals surface area (Å²) in [7, 11) is -1.90. The van der Waals surface area contributed by atoms with Crippen molar-refractivity contribution in [3.05, 3.63) is 59.7 Å². The molecule has 1 fully saturated rings. The highest BCUT2D eigenvalue weighted by Crippen LogP contribution is 2.28. The van der Waals surface area contributed by atoms with Crippen molar-refractivity contribution in [3.63, 3.8) is 0 Å². The van der Waals surface area contributed by atoms with Gasteiger partial charge in [-0.3, -0.25) is 4.79 Å². The number of amides is 1. The van der Waals surface area contributed by atoms with Gasteiger partial charge in [0.1, 0.15) is 0 Å². The summed E-state index contributed by atoms with van der Waals surface area (Å²) in [6.07, 6.45) is 0.993. The Morgan fingerprint density at radius 2 is 1.69 bits per heavy atom. The van der Waals surface area contributed by atoms with E-state index in [1.807, 2.05) is 6.07 Å². The van der Waals surface area contributed by atoms with Gasteiger partial charge in [-0.25, -0.2) is 18.0 Å². The Labute approximate surface area is 186 Å². The Morgan fingerprint density at radius 1 is 1.00 bits per heavy atom. The van der Waals surface area contributed by atoms with E-state index in [-0.39, 0.29) is 35.0 Å². The van der Waals surface area contributed by atoms with Gasteiger partial charge in [-0.05, 0) is 43.2 Å². The maximum Gasteiger partial charge on any atom is 0.339 e. The SMILES string of the molecule is COC(=O)c1ccc(C(=O)OC)c(S(=O)(=O)N2CCCC(C(=O)Nc3ccccc3)C2)c1. The number of carbonyl (C=O) groups excluding carboxylic acids is 3. The molecule has 0 spiro atoms. The van der Waals surface area contributed by atoms with E-state index in [4.69, 9.17) is 4.74 Å². The predicted molar refractivity (Wildman–Crippen MR) is 116 cm³/mol. The van der Waals surface area contributed by atoms with E-state index in [2.05, 4.69) is 10.1 Å². The Morgan fingerprint density at radius 3 is 2.34 bits per heavy atom. The summed E-state index contributed by atoms with van der Waals surface area (Å²) in [6, 6.07) is 12.5. The lowest BCUT2D eigenvalue weighted by atomic mass is 9.99. The highest BCUT2D eigenvalue weighted by molar-refractivity contribution is 7.89. The van der Waals surface area contributed by atoms with Crippen molar-refractivity contribution in [1.82, 2.24) is 4.31 Å². The number of para-hydroxylation sites is 1. The third-order valence-corrected chi connectivity index (χ3v) is 7.13. The number of piperidine rings is 1. The molecule has 1 saturated heterocycles. The summed E-state index contributed by atoms with van der Waals surface area (Å²) in [5, 5.41) is 2.80. The third kappa shape index (κ3) is 4.97. The van der Waals surface area contributed by atoms with Crippen molar-refractivity contribution in [1.29, 1.82) is 0 Å². The number of anilines is 1. The molecule has 1 heterocycles. The fraction of sp³-hybridized carbons (Fsp3) is 0.318. The molecule has 3 rings (SSSR count). The van der Waals surface area contributed by atoms with Crippen LogP contribution in [-0.2, 0) is 24.3 Å². The van der Waals surface area contributed by atoms with Gasteiger partial charge in [0.05, 0.1) is 36.2 Å². The first-order valence-electron chi connectivity index (χ1n) is 9.94. The first-order valence-corrected chi connectivity index (χ1v) is 11.4. The molecule has 170 valence electrons. The number of esters is 2. The van der Waals surface area contributed by atoms with Gasteiger partial charge in [-0.15, -0.1) is 0 Å². The van der Waals surface area contributed by atoms with Gasteiger partial charge in [-0.1, -0.05) is 18.2 Å². The van der Waals surface area contributed by atoms with Crippen molar-refractivity contribution in [3.8, 4) is 0 Å². The molecule has 9 nitrogen and oxygen atoms in total. The molecule has 1 aliphatic heterocycles. The summed E-state index contributed by atoms with van der Waals surface area (Å²) in [6.45, 7) is 0.130. The predicted octanol–water partition coefficient (Wildman–Crippen LogP) is 2.30. The molecule has 0 bridgehead atoms. The summed E-state index contributed by atoms with van der Waals surface area (Å²) >= 11 is 0. The van der Waals surface area contributed by atoms with Gasteiger partial charge < -0.3 is 14.8 Å². The van der Waals surface area contributed by atoms with Gasteiger partial charge in [0.2, 0.25) is 15.9 Å². The molecule has 2 aromatic rings. The first-order chi connectivity index (χ1) is 15.3. The number of carbonyl (C=O) groups is 3. The second-order valence-electron chi connectivity index (χ2n) is 7.25. The maximum atomic E-state index is 13.5. The van der Waals surface area contributed by atoms with Crippen LogP contribution in [0, 0.1) is 5.92 Å². The number of hydrogen-bond acceptors (Lipinski definition) is 7. The van der Waals surface area contributed by atoms with Gasteiger partial charge in [0.25, 0.3) is 0 Å². The van der Waals surface area contributed by atoms with Gasteiger partial charge in [-0.2, -0.15) is 4.31 Å². The molecule has 10 heteroatoms. The van der Waals surface area contributed by atoms with E-state index in [0.717, 1.165) is 17.5 Å². The maximum absolute atomic E-state index is 13.5. The number of nitrogens with one attached hydrogen (secondary N) is 1. The lowest BCUT2D eigenvalue weighted by Gasteiger charge is -2.31. The Bertz CT molecular complexity index is 1120. The molecule has 1 atom stereocenters. The lowest BCUT2D eigenvalue weighted by molar-refractivity contribution is -0.120. The zero-order chi connectivity index (χ0) is 23.3. The van der Waals surface area contributed by atoms with Crippen molar-refractivity contribution < 1.29 is 32.3 Å². The normalized spacial score (nSPS) is 16.8. The molecule has 0 saturated carbocycles. The highest BCUT2D eigenvalue weighted by atomic mass is 32.2. The van der Waals surface area contributed by atoms with E-state index < -0.39 is 27.9 Å². The lowest BCUT2D eigenvalue weighted by Crippen LogP contribution is -2.44. The molecule has 1 N–H and O–H groups in total. The average molecular weight is 461 g/mol. The van der Waals surface area contributed by atoms with E-state index in [1.165, 1.54) is 19.2 Å². The van der Waals surface area contributed by atoms with Crippen LogP contribution >= 0.6 is 0 Å². The van der Waals surface area contributed by atoms with Crippen molar-refractivity contribution in [2.75, 3.05) is 32.6 Å². The van der Waals surface area contributed by atoms with Crippen LogP contribution < -0.4 is 5.32 Å². The Hall–Kier alpha value is -3.24. The third-order valence-electron chi connectivity index (χ3n) is 5.22. The first kappa shape index (κ1) is 23.4. The van der Waals surface area contributed by atoms with Crippen LogP contribution in [0.4, 0.5) is 5.69 Å². The van der Waals surface area contributed by atoms with Crippen LogP contribution in [0.2, 0.25) is 0 Å². The minimum atomic E-state index is -4.21. The summed E-state index contributed by atoms with van der Waals surface area (Å²) in [5.74, 6) is -2.44. The van der Waals surface area contributed by atoms with Crippen LogP contribution in [0.3, 0.4) is 0 Å². The van der Waals surface area contributed by atoms with E-state index in [9.17, 15) is 22.8 Å². The fourth-order valence-electron chi connectivity index (χ4n) is 3.54. The van der Waals surface area contributed by atoms with Crippen molar-refractivity contribution >= 4 is 33.6 Å². The molecular formula is C22H24N2O7S. The Kier molecular flexibility index (Phi) is 7.26. The molecule has 0 aromatic heterocycles. The zero-order valence-corrected chi connectivity index (χ0v) is 18.6.